The van der Waals surface area contributed by atoms with Crippen molar-refractivity contribution in [3.05, 3.63) is 0 Å². The molecule has 1 aliphatic rings. The van der Waals surface area contributed by atoms with Gasteiger partial charge < -0.3 is 0 Å². The van der Waals surface area contributed by atoms with E-state index in [0.717, 1.165) is 25.7 Å². The van der Waals surface area contributed by atoms with E-state index >= 15 is 0 Å². The summed E-state index contributed by atoms with van der Waals surface area (Å²) in [4.78, 5) is 0. The van der Waals surface area contributed by atoms with Crippen LogP contribution in [-0.2, 0) is 10.0 Å². The minimum atomic E-state index is -3.02. The molecule has 1 fully saturated rings. The molecule has 0 amide bonds. The maximum Gasteiger partial charge on any atom is 0.214 e. The lowest BCUT2D eigenvalue weighted by molar-refractivity contribution is 0.168. The van der Waals surface area contributed by atoms with Gasteiger partial charge in [0.1, 0.15) is 0 Å². The van der Waals surface area contributed by atoms with E-state index in [0.29, 0.717) is 29.5 Å². The lowest BCUT2D eigenvalue weighted by Gasteiger charge is -2.41. The van der Waals surface area contributed by atoms with Gasteiger partial charge in [0.15, 0.2) is 0 Å². The van der Waals surface area contributed by atoms with E-state index in [1.54, 1.807) is 4.31 Å². The molecule has 0 aromatic heterocycles. The highest BCUT2D eigenvalue weighted by atomic mass is 32.2. The molecular formula is C16H33NO2S. The van der Waals surface area contributed by atoms with Crippen molar-refractivity contribution >= 4 is 10.0 Å². The quantitative estimate of drug-likeness (QED) is 0.772. The maximum atomic E-state index is 12.3. The summed E-state index contributed by atoms with van der Waals surface area (Å²) in [5.41, 5.74) is 0.298. The van der Waals surface area contributed by atoms with Crippen molar-refractivity contribution in [1.82, 2.24) is 4.31 Å². The molecular weight excluding hydrogens is 270 g/mol. The van der Waals surface area contributed by atoms with Crippen LogP contribution >= 0.6 is 0 Å². The molecule has 0 bridgehead atoms. The van der Waals surface area contributed by atoms with Crippen LogP contribution in [0, 0.1) is 17.3 Å². The fraction of sp³-hybridized carbons (Fsp3) is 1.00. The van der Waals surface area contributed by atoms with Crippen LogP contribution in [-0.4, -0.2) is 31.1 Å². The molecule has 1 rings (SSSR count). The van der Waals surface area contributed by atoms with Crippen LogP contribution in [0.2, 0.25) is 0 Å². The van der Waals surface area contributed by atoms with Crippen LogP contribution in [0.15, 0.2) is 0 Å². The van der Waals surface area contributed by atoms with Gasteiger partial charge in [-0.05, 0) is 36.5 Å². The van der Waals surface area contributed by atoms with Gasteiger partial charge in [-0.3, -0.25) is 0 Å². The number of nitrogens with zero attached hydrogens (tertiary/aromatic N) is 1. The maximum absolute atomic E-state index is 12.3. The highest BCUT2D eigenvalue weighted by Crippen LogP contribution is 2.35. The molecule has 3 atom stereocenters. The third-order valence-electron chi connectivity index (χ3n) is 5.23. The highest BCUT2D eigenvalue weighted by Gasteiger charge is 2.38. The molecule has 0 saturated carbocycles. The van der Waals surface area contributed by atoms with Gasteiger partial charge in [-0.25, -0.2) is 8.42 Å². The number of hydrogen-bond donors (Lipinski definition) is 0. The lowest BCUT2D eigenvalue weighted by Crippen LogP contribution is -2.50. The summed E-state index contributed by atoms with van der Waals surface area (Å²) in [5, 5.41) is 0. The number of rotatable bonds is 5. The summed E-state index contributed by atoms with van der Waals surface area (Å²) >= 11 is 0. The minimum Gasteiger partial charge on any atom is -0.212 e. The Morgan fingerprint density at radius 3 is 2.30 bits per heavy atom. The Morgan fingerprint density at radius 2 is 1.85 bits per heavy atom. The molecule has 3 nitrogen and oxygen atoms in total. The van der Waals surface area contributed by atoms with Gasteiger partial charge in [0.25, 0.3) is 0 Å². The molecule has 20 heavy (non-hydrogen) atoms. The smallest absolute Gasteiger partial charge is 0.212 e. The average molecular weight is 304 g/mol. The first-order valence-electron chi connectivity index (χ1n) is 8.13. The van der Waals surface area contributed by atoms with Gasteiger partial charge in [0.05, 0.1) is 5.75 Å². The summed E-state index contributed by atoms with van der Waals surface area (Å²) < 4.78 is 26.3. The van der Waals surface area contributed by atoms with Gasteiger partial charge >= 0.3 is 0 Å². The Balaban J connectivity index is 2.80. The zero-order chi connectivity index (χ0) is 15.6. The van der Waals surface area contributed by atoms with E-state index < -0.39 is 10.0 Å². The van der Waals surface area contributed by atoms with Gasteiger partial charge in [0.2, 0.25) is 10.0 Å². The summed E-state index contributed by atoms with van der Waals surface area (Å²) in [7, 11) is -3.02. The molecule has 4 heteroatoms. The predicted octanol–water partition coefficient (Wildman–Crippen LogP) is 3.90. The molecule has 120 valence electrons. The summed E-state index contributed by atoms with van der Waals surface area (Å²) in [6.45, 7) is 13.9. The topological polar surface area (TPSA) is 37.4 Å². The third kappa shape index (κ3) is 4.20. The Labute approximate surface area is 126 Å². The second-order valence-electron chi connectivity index (χ2n) is 7.39. The molecule has 0 aromatic rings. The van der Waals surface area contributed by atoms with E-state index in [1.807, 2.05) is 6.92 Å². The normalized spacial score (nSPS) is 29.3. The van der Waals surface area contributed by atoms with E-state index in [9.17, 15) is 8.42 Å². The van der Waals surface area contributed by atoms with Gasteiger partial charge in [-0.2, -0.15) is 4.31 Å². The number of sulfonamides is 1. The molecule has 0 spiro atoms. The van der Waals surface area contributed by atoms with Crippen molar-refractivity contribution in [3.63, 3.8) is 0 Å². The first-order chi connectivity index (χ1) is 9.13. The van der Waals surface area contributed by atoms with Crippen LogP contribution in [0.1, 0.15) is 67.2 Å². The SMILES string of the molecule is CCC1CCS(=O)(=O)N(CC)C1CCC(C)C(C)(C)C. The summed E-state index contributed by atoms with van der Waals surface area (Å²) in [6.07, 6.45) is 4.03. The summed E-state index contributed by atoms with van der Waals surface area (Å²) in [5.74, 6) is 1.49. The Kier molecular flexibility index (Phi) is 6.09. The van der Waals surface area contributed by atoms with E-state index in [4.69, 9.17) is 0 Å². The lowest BCUT2D eigenvalue weighted by atomic mass is 9.77. The van der Waals surface area contributed by atoms with Gasteiger partial charge in [-0.15, -0.1) is 0 Å². The molecule has 0 aromatic carbocycles. The molecule has 0 aliphatic carbocycles. The van der Waals surface area contributed by atoms with Crippen LogP contribution in [0.5, 0.6) is 0 Å². The molecule has 1 aliphatic heterocycles. The Morgan fingerprint density at radius 1 is 1.25 bits per heavy atom. The van der Waals surface area contributed by atoms with Gasteiger partial charge in [0, 0.05) is 12.6 Å². The van der Waals surface area contributed by atoms with Crippen molar-refractivity contribution in [2.45, 2.75) is 73.3 Å². The van der Waals surface area contributed by atoms with Crippen LogP contribution in [0.3, 0.4) is 0 Å². The van der Waals surface area contributed by atoms with Crippen molar-refractivity contribution in [2.75, 3.05) is 12.3 Å². The molecule has 1 heterocycles. The molecule has 1 saturated heterocycles. The van der Waals surface area contributed by atoms with Crippen LogP contribution in [0.4, 0.5) is 0 Å². The second-order valence-corrected chi connectivity index (χ2v) is 9.43. The predicted molar refractivity (Wildman–Crippen MR) is 86.2 cm³/mol. The fourth-order valence-electron chi connectivity index (χ4n) is 3.19. The second kappa shape index (κ2) is 6.78. The van der Waals surface area contributed by atoms with Crippen LogP contribution in [0.25, 0.3) is 0 Å². The third-order valence-corrected chi connectivity index (χ3v) is 7.22. The minimum absolute atomic E-state index is 0.216. The Bertz CT molecular complexity index is 397. The monoisotopic (exact) mass is 303 g/mol. The molecule has 0 N–H and O–H groups in total. The largest absolute Gasteiger partial charge is 0.214 e. The average Bonchev–Trinajstić information content (AvgIpc) is 2.33. The summed E-state index contributed by atoms with van der Waals surface area (Å²) in [6, 6.07) is 0.216. The van der Waals surface area contributed by atoms with Crippen LogP contribution < -0.4 is 0 Å². The van der Waals surface area contributed by atoms with E-state index in [2.05, 4.69) is 34.6 Å². The first-order valence-corrected chi connectivity index (χ1v) is 9.73. The van der Waals surface area contributed by atoms with Crippen molar-refractivity contribution in [1.29, 1.82) is 0 Å². The fourth-order valence-corrected chi connectivity index (χ4v) is 5.11. The van der Waals surface area contributed by atoms with Crippen molar-refractivity contribution in [3.8, 4) is 0 Å². The first kappa shape index (κ1) is 18.0. The van der Waals surface area contributed by atoms with E-state index in [-0.39, 0.29) is 6.04 Å². The van der Waals surface area contributed by atoms with Crippen molar-refractivity contribution < 1.29 is 8.42 Å². The highest BCUT2D eigenvalue weighted by molar-refractivity contribution is 7.89. The van der Waals surface area contributed by atoms with Crippen molar-refractivity contribution in [2.24, 2.45) is 17.3 Å². The zero-order valence-corrected chi connectivity index (χ0v) is 15.0. The zero-order valence-electron chi connectivity index (χ0n) is 14.1. The molecule has 0 radical (unpaired) electrons. The van der Waals surface area contributed by atoms with Gasteiger partial charge in [-0.1, -0.05) is 48.0 Å². The van der Waals surface area contributed by atoms with E-state index in [1.165, 1.54) is 0 Å². The number of hydrogen-bond acceptors (Lipinski definition) is 2. The Hall–Kier alpha value is -0.0900. The molecule has 3 unspecified atom stereocenters. The standard InChI is InChI=1S/C16H33NO2S/c1-7-14-11-12-20(18,19)17(8-2)15(14)10-9-13(3)16(4,5)6/h13-15H,7-12H2,1-6H3.